The van der Waals surface area contributed by atoms with E-state index in [1.807, 2.05) is 6.07 Å². The van der Waals surface area contributed by atoms with Gasteiger partial charge in [-0.25, -0.2) is 0 Å². The monoisotopic (exact) mass is 339 g/mol. The molecule has 1 rings (SSSR count). The van der Waals surface area contributed by atoms with E-state index >= 15 is 0 Å². The number of hydrogen-bond donors (Lipinski definition) is 0. The zero-order chi connectivity index (χ0) is 17.9. The van der Waals surface area contributed by atoms with Gasteiger partial charge in [0.15, 0.2) is 11.5 Å². The van der Waals surface area contributed by atoms with Gasteiger partial charge in [-0.15, -0.1) is 0 Å². The minimum absolute atomic E-state index is 0.0802. The molecule has 7 nitrogen and oxygen atoms in total. The van der Waals surface area contributed by atoms with E-state index < -0.39 is 5.97 Å². The summed E-state index contributed by atoms with van der Waals surface area (Å²) in [6.45, 7) is 4.25. The van der Waals surface area contributed by atoms with Crippen molar-refractivity contribution in [1.82, 2.24) is 4.90 Å². The molecule has 1 aromatic rings. The van der Waals surface area contributed by atoms with E-state index in [1.54, 1.807) is 33.1 Å². The lowest BCUT2D eigenvalue weighted by Crippen LogP contribution is -2.38. The van der Waals surface area contributed by atoms with Crippen molar-refractivity contribution in [1.29, 1.82) is 0 Å². The normalized spacial score (nSPS) is 10.2. The van der Waals surface area contributed by atoms with Gasteiger partial charge in [-0.05, 0) is 31.5 Å². The molecular formula is C17H25NO6. The third kappa shape index (κ3) is 6.08. The van der Waals surface area contributed by atoms with Crippen molar-refractivity contribution in [2.75, 3.05) is 40.6 Å². The van der Waals surface area contributed by atoms with Crippen LogP contribution >= 0.6 is 0 Å². The Hall–Kier alpha value is -2.28. The molecule has 1 amide bonds. The van der Waals surface area contributed by atoms with Gasteiger partial charge in [0, 0.05) is 13.2 Å². The quantitative estimate of drug-likeness (QED) is 0.603. The van der Waals surface area contributed by atoms with E-state index in [0.717, 1.165) is 5.56 Å². The Morgan fingerprint density at radius 2 is 1.75 bits per heavy atom. The fourth-order valence-corrected chi connectivity index (χ4v) is 2.07. The summed E-state index contributed by atoms with van der Waals surface area (Å²) in [6, 6.07) is 5.34. The molecule has 0 N–H and O–H groups in total. The van der Waals surface area contributed by atoms with E-state index in [4.69, 9.17) is 18.9 Å². The Balaban J connectivity index is 2.90. The van der Waals surface area contributed by atoms with Crippen LogP contribution in [0.5, 0.6) is 11.5 Å². The molecule has 0 heterocycles. The zero-order valence-corrected chi connectivity index (χ0v) is 14.7. The van der Waals surface area contributed by atoms with E-state index in [-0.39, 0.29) is 32.2 Å². The summed E-state index contributed by atoms with van der Waals surface area (Å²) in [5.74, 6) is 0.421. The highest BCUT2D eigenvalue weighted by Crippen LogP contribution is 2.28. The summed E-state index contributed by atoms with van der Waals surface area (Å²) in [5, 5.41) is 0. The molecule has 24 heavy (non-hydrogen) atoms. The molecule has 0 bridgehead atoms. The van der Waals surface area contributed by atoms with E-state index in [1.165, 1.54) is 12.0 Å². The Kier molecular flexibility index (Phi) is 8.64. The molecule has 1 aromatic carbocycles. The number of hydrogen-bond acceptors (Lipinski definition) is 6. The highest BCUT2D eigenvalue weighted by Gasteiger charge is 2.19. The van der Waals surface area contributed by atoms with Crippen LogP contribution in [0.3, 0.4) is 0 Å². The highest BCUT2D eigenvalue weighted by atomic mass is 16.5. The van der Waals surface area contributed by atoms with Gasteiger partial charge in [-0.2, -0.15) is 0 Å². The van der Waals surface area contributed by atoms with Crippen LogP contribution in [0.1, 0.15) is 19.4 Å². The number of esters is 1. The Bertz CT molecular complexity index is 546. The molecule has 134 valence electrons. The first-order valence-electron chi connectivity index (χ1n) is 7.77. The summed E-state index contributed by atoms with van der Waals surface area (Å²) < 4.78 is 20.5. The number of ether oxygens (including phenoxy) is 4. The minimum atomic E-state index is -0.456. The Labute approximate surface area is 142 Å². The third-order valence-corrected chi connectivity index (χ3v) is 3.23. The highest BCUT2D eigenvalue weighted by molar-refractivity contribution is 5.82. The van der Waals surface area contributed by atoms with E-state index in [0.29, 0.717) is 18.1 Å². The van der Waals surface area contributed by atoms with E-state index in [2.05, 4.69) is 0 Å². The largest absolute Gasteiger partial charge is 0.493 e. The van der Waals surface area contributed by atoms with Crippen molar-refractivity contribution >= 4 is 11.9 Å². The SMILES string of the molecule is CCOCC(=O)N(CC(=O)OCC)Cc1ccc(OC)c(OC)c1. The van der Waals surface area contributed by atoms with Crippen LogP contribution in [-0.2, 0) is 25.6 Å². The molecule has 0 aliphatic heterocycles. The predicted octanol–water partition coefficient (Wildman–Crippen LogP) is 1.63. The number of nitrogens with zero attached hydrogens (tertiary/aromatic N) is 1. The van der Waals surface area contributed by atoms with Crippen LogP contribution < -0.4 is 9.47 Å². The molecule has 0 saturated carbocycles. The van der Waals surface area contributed by atoms with Crippen LogP contribution in [0.4, 0.5) is 0 Å². The van der Waals surface area contributed by atoms with Gasteiger partial charge in [-0.3, -0.25) is 9.59 Å². The zero-order valence-electron chi connectivity index (χ0n) is 14.7. The topological polar surface area (TPSA) is 74.3 Å². The lowest BCUT2D eigenvalue weighted by molar-refractivity contribution is -0.150. The predicted molar refractivity (Wildman–Crippen MR) is 88.1 cm³/mol. The second kappa shape index (κ2) is 10.5. The van der Waals surface area contributed by atoms with Gasteiger partial charge in [0.25, 0.3) is 0 Å². The van der Waals surface area contributed by atoms with Gasteiger partial charge in [0.1, 0.15) is 13.2 Å². The van der Waals surface area contributed by atoms with E-state index in [9.17, 15) is 9.59 Å². The average molecular weight is 339 g/mol. The third-order valence-electron chi connectivity index (χ3n) is 3.23. The summed E-state index contributed by atoms with van der Waals surface area (Å²) >= 11 is 0. The van der Waals surface area contributed by atoms with Crippen LogP contribution in [0.15, 0.2) is 18.2 Å². The summed E-state index contributed by atoms with van der Waals surface area (Å²) in [4.78, 5) is 25.4. The first-order chi connectivity index (χ1) is 11.5. The van der Waals surface area contributed by atoms with Crippen molar-refractivity contribution in [3.05, 3.63) is 23.8 Å². The summed E-state index contributed by atoms with van der Waals surface area (Å²) in [5.41, 5.74) is 0.807. The minimum Gasteiger partial charge on any atom is -0.493 e. The molecule has 7 heteroatoms. The number of carbonyl (C=O) groups excluding carboxylic acids is 2. The molecule has 0 aromatic heterocycles. The first-order valence-corrected chi connectivity index (χ1v) is 7.77. The maximum absolute atomic E-state index is 12.3. The molecule has 0 aliphatic carbocycles. The second-order valence-electron chi connectivity index (χ2n) is 4.88. The van der Waals surface area contributed by atoms with Crippen LogP contribution in [-0.4, -0.2) is 57.4 Å². The number of amides is 1. The Morgan fingerprint density at radius 3 is 2.33 bits per heavy atom. The lowest BCUT2D eigenvalue weighted by Gasteiger charge is -2.22. The molecule has 0 radical (unpaired) electrons. The van der Waals surface area contributed by atoms with Gasteiger partial charge in [0.2, 0.25) is 5.91 Å². The fourth-order valence-electron chi connectivity index (χ4n) is 2.07. The lowest BCUT2D eigenvalue weighted by atomic mass is 10.2. The molecule has 0 spiro atoms. The molecule has 0 aliphatic rings. The van der Waals surface area contributed by atoms with Crippen molar-refractivity contribution in [2.24, 2.45) is 0 Å². The first kappa shape index (κ1) is 19.8. The molecular weight excluding hydrogens is 314 g/mol. The molecule has 0 unspecified atom stereocenters. The van der Waals surface area contributed by atoms with Crippen LogP contribution in [0.25, 0.3) is 0 Å². The summed E-state index contributed by atoms with van der Waals surface area (Å²) in [6.07, 6.45) is 0. The number of carbonyl (C=O) groups is 2. The van der Waals surface area contributed by atoms with Crippen molar-refractivity contribution in [2.45, 2.75) is 20.4 Å². The molecule has 0 atom stereocenters. The van der Waals surface area contributed by atoms with Crippen LogP contribution in [0, 0.1) is 0 Å². The van der Waals surface area contributed by atoms with Crippen LogP contribution in [0.2, 0.25) is 0 Å². The standard InChI is InChI=1S/C17H25NO6/c1-5-23-12-16(19)18(11-17(20)24-6-2)10-13-7-8-14(21-3)15(9-13)22-4/h7-9H,5-6,10-12H2,1-4H3. The number of benzene rings is 1. The number of methoxy groups -OCH3 is 2. The maximum atomic E-state index is 12.3. The molecule has 0 saturated heterocycles. The van der Waals surface area contributed by atoms with Gasteiger partial charge >= 0.3 is 5.97 Å². The van der Waals surface area contributed by atoms with Crippen molar-refractivity contribution in [3.8, 4) is 11.5 Å². The Morgan fingerprint density at radius 1 is 1.04 bits per heavy atom. The van der Waals surface area contributed by atoms with Gasteiger partial charge in [-0.1, -0.05) is 6.07 Å². The maximum Gasteiger partial charge on any atom is 0.325 e. The van der Waals surface area contributed by atoms with Crippen molar-refractivity contribution < 1.29 is 28.5 Å². The average Bonchev–Trinajstić information content (AvgIpc) is 2.59. The second-order valence-corrected chi connectivity index (χ2v) is 4.88. The summed E-state index contributed by atoms with van der Waals surface area (Å²) in [7, 11) is 3.09. The fraction of sp³-hybridized carbons (Fsp3) is 0.529. The van der Waals surface area contributed by atoms with Gasteiger partial charge in [0.05, 0.1) is 20.8 Å². The van der Waals surface area contributed by atoms with Gasteiger partial charge < -0.3 is 23.8 Å². The number of rotatable bonds is 10. The smallest absolute Gasteiger partial charge is 0.325 e. The van der Waals surface area contributed by atoms with Crippen molar-refractivity contribution in [3.63, 3.8) is 0 Å². The molecule has 0 fully saturated rings.